The maximum atomic E-state index is 13.3. The van der Waals surface area contributed by atoms with Crippen LogP contribution in [0.2, 0.25) is 0 Å². The van der Waals surface area contributed by atoms with Gasteiger partial charge in [-0.3, -0.25) is 0 Å². The van der Waals surface area contributed by atoms with Gasteiger partial charge in [-0.25, -0.2) is 4.39 Å². The zero-order valence-electron chi connectivity index (χ0n) is 12.0. The number of hydrogen-bond acceptors (Lipinski definition) is 1. The molecule has 0 radical (unpaired) electrons. The number of likely N-dealkylation sites (N-methyl/N-ethyl adjacent to an activating group) is 1. The predicted octanol–water partition coefficient (Wildman–Crippen LogP) is 4.71. The van der Waals surface area contributed by atoms with E-state index in [1.807, 2.05) is 19.2 Å². The molecule has 0 saturated heterocycles. The zero-order chi connectivity index (χ0) is 14.7. The van der Waals surface area contributed by atoms with E-state index in [0.717, 1.165) is 12.0 Å². The van der Waals surface area contributed by atoms with Crippen LogP contribution in [0.5, 0.6) is 0 Å². The third-order valence-electron chi connectivity index (χ3n) is 3.66. The van der Waals surface area contributed by atoms with E-state index >= 15 is 0 Å². The highest BCUT2D eigenvalue weighted by Gasteiger charge is 2.15. The average molecular weight is 336 g/mol. The summed E-state index contributed by atoms with van der Waals surface area (Å²) < 4.78 is 13.8. The Bertz CT molecular complexity index is 590. The Morgan fingerprint density at radius 2 is 1.80 bits per heavy atom. The van der Waals surface area contributed by atoms with Crippen molar-refractivity contribution in [3.05, 3.63) is 68.9 Å². The van der Waals surface area contributed by atoms with Crippen molar-refractivity contribution in [2.24, 2.45) is 0 Å². The van der Waals surface area contributed by atoms with Crippen molar-refractivity contribution >= 4 is 15.9 Å². The molecule has 2 rings (SSSR count). The molecule has 0 bridgehead atoms. The second-order valence-corrected chi connectivity index (χ2v) is 5.95. The molecule has 1 unspecified atom stereocenters. The minimum atomic E-state index is -0.221. The third-order valence-corrected chi connectivity index (χ3v) is 4.27. The summed E-state index contributed by atoms with van der Waals surface area (Å²) in [6.45, 7) is 4.26. The highest BCUT2D eigenvalue weighted by molar-refractivity contribution is 9.10. The van der Waals surface area contributed by atoms with E-state index in [1.165, 1.54) is 22.8 Å². The average Bonchev–Trinajstić information content (AvgIpc) is 2.41. The molecule has 0 aliphatic heterocycles. The van der Waals surface area contributed by atoms with Gasteiger partial charge in [0.1, 0.15) is 5.82 Å². The van der Waals surface area contributed by atoms with E-state index in [1.54, 1.807) is 0 Å². The van der Waals surface area contributed by atoms with Gasteiger partial charge in [0.15, 0.2) is 0 Å². The smallest absolute Gasteiger partial charge is 0.137 e. The first kappa shape index (κ1) is 15.2. The summed E-state index contributed by atoms with van der Waals surface area (Å²) in [5.41, 5.74) is 5.01. The lowest BCUT2D eigenvalue weighted by molar-refractivity contribution is 0.582. The molecule has 2 aromatic carbocycles. The maximum absolute atomic E-state index is 13.3. The first-order valence-corrected chi connectivity index (χ1v) is 7.49. The molecule has 0 spiro atoms. The first-order chi connectivity index (χ1) is 9.52. The van der Waals surface area contributed by atoms with Gasteiger partial charge in [-0.2, -0.15) is 0 Å². The molecule has 0 aliphatic rings. The molecule has 0 saturated carbocycles. The molecule has 2 aromatic rings. The predicted molar refractivity (Wildman–Crippen MR) is 85.5 cm³/mol. The topological polar surface area (TPSA) is 12.0 Å². The Kier molecular flexibility index (Phi) is 4.95. The third kappa shape index (κ3) is 3.28. The van der Waals surface area contributed by atoms with Crippen molar-refractivity contribution < 1.29 is 4.39 Å². The molecule has 1 atom stereocenters. The lowest BCUT2D eigenvalue weighted by atomic mass is 9.92. The lowest BCUT2D eigenvalue weighted by Gasteiger charge is -2.21. The molecule has 0 amide bonds. The van der Waals surface area contributed by atoms with Crippen LogP contribution in [0.1, 0.15) is 28.3 Å². The van der Waals surface area contributed by atoms with Gasteiger partial charge in [-0.1, -0.05) is 24.3 Å². The van der Waals surface area contributed by atoms with Gasteiger partial charge in [0.25, 0.3) is 0 Å². The van der Waals surface area contributed by atoms with Crippen LogP contribution >= 0.6 is 15.9 Å². The first-order valence-electron chi connectivity index (χ1n) is 6.70. The molecule has 0 aromatic heterocycles. The summed E-state index contributed by atoms with van der Waals surface area (Å²) in [4.78, 5) is 0. The van der Waals surface area contributed by atoms with Crippen molar-refractivity contribution in [2.75, 3.05) is 7.05 Å². The van der Waals surface area contributed by atoms with E-state index in [2.05, 4.69) is 53.3 Å². The summed E-state index contributed by atoms with van der Waals surface area (Å²) >= 11 is 3.25. The van der Waals surface area contributed by atoms with Crippen LogP contribution in [0, 0.1) is 19.7 Å². The van der Waals surface area contributed by atoms with E-state index < -0.39 is 0 Å². The van der Waals surface area contributed by atoms with Crippen LogP contribution in [0.15, 0.2) is 40.9 Å². The van der Waals surface area contributed by atoms with Gasteiger partial charge in [-0.05, 0) is 77.6 Å². The molecule has 1 N–H and O–H groups in total. The van der Waals surface area contributed by atoms with E-state index in [4.69, 9.17) is 0 Å². The highest BCUT2D eigenvalue weighted by Crippen LogP contribution is 2.26. The second-order valence-electron chi connectivity index (χ2n) is 5.10. The number of rotatable bonds is 4. The highest BCUT2D eigenvalue weighted by atomic mass is 79.9. The quantitative estimate of drug-likeness (QED) is 0.853. The Balaban J connectivity index is 2.31. The molecular formula is C17H19BrFN. The summed E-state index contributed by atoms with van der Waals surface area (Å²) in [5.74, 6) is -0.221. The summed E-state index contributed by atoms with van der Waals surface area (Å²) in [7, 11) is 1.97. The van der Waals surface area contributed by atoms with Gasteiger partial charge >= 0.3 is 0 Å². The van der Waals surface area contributed by atoms with Crippen LogP contribution in [0.3, 0.4) is 0 Å². The SMILES string of the molecule is CNC(Cc1ccc(F)c(Br)c1)c1c(C)cccc1C. The van der Waals surface area contributed by atoms with Gasteiger partial charge in [-0.15, -0.1) is 0 Å². The van der Waals surface area contributed by atoms with Gasteiger partial charge in [0.2, 0.25) is 0 Å². The van der Waals surface area contributed by atoms with Gasteiger partial charge in [0, 0.05) is 6.04 Å². The fourth-order valence-electron chi connectivity index (χ4n) is 2.63. The Labute approximate surface area is 128 Å². The molecule has 20 heavy (non-hydrogen) atoms. The number of nitrogens with one attached hydrogen (secondary N) is 1. The molecule has 3 heteroatoms. The minimum absolute atomic E-state index is 0.221. The van der Waals surface area contributed by atoms with Crippen molar-refractivity contribution in [1.82, 2.24) is 5.32 Å². The molecular weight excluding hydrogens is 317 g/mol. The van der Waals surface area contributed by atoms with Crippen molar-refractivity contribution in [3.63, 3.8) is 0 Å². The van der Waals surface area contributed by atoms with E-state index in [-0.39, 0.29) is 11.9 Å². The van der Waals surface area contributed by atoms with E-state index in [0.29, 0.717) is 4.47 Å². The Hall–Kier alpha value is -1.19. The number of hydrogen-bond donors (Lipinski definition) is 1. The van der Waals surface area contributed by atoms with Crippen LogP contribution in [-0.4, -0.2) is 7.05 Å². The van der Waals surface area contributed by atoms with Crippen LogP contribution < -0.4 is 5.32 Å². The molecule has 0 fully saturated rings. The van der Waals surface area contributed by atoms with Gasteiger partial charge in [0.05, 0.1) is 4.47 Å². The summed E-state index contributed by atoms with van der Waals surface area (Å²) in [5, 5.41) is 3.37. The Morgan fingerprint density at radius 3 is 2.35 bits per heavy atom. The van der Waals surface area contributed by atoms with Gasteiger partial charge < -0.3 is 5.32 Å². The molecule has 106 valence electrons. The van der Waals surface area contributed by atoms with Crippen molar-refractivity contribution in [2.45, 2.75) is 26.3 Å². The van der Waals surface area contributed by atoms with Crippen LogP contribution in [0.4, 0.5) is 4.39 Å². The number of benzene rings is 2. The Morgan fingerprint density at radius 1 is 1.15 bits per heavy atom. The number of aryl methyl sites for hydroxylation is 2. The fourth-order valence-corrected chi connectivity index (χ4v) is 3.05. The molecule has 0 heterocycles. The van der Waals surface area contributed by atoms with Crippen LogP contribution in [-0.2, 0) is 6.42 Å². The molecule has 0 aliphatic carbocycles. The fraction of sp³-hybridized carbons (Fsp3) is 0.294. The standard InChI is InChI=1S/C17H19BrFN/c1-11-5-4-6-12(2)17(11)16(20-3)10-13-7-8-15(19)14(18)9-13/h4-9,16,20H,10H2,1-3H3. The largest absolute Gasteiger partial charge is 0.313 e. The van der Waals surface area contributed by atoms with Crippen LogP contribution in [0.25, 0.3) is 0 Å². The molecule has 1 nitrogen and oxygen atoms in total. The normalized spacial score (nSPS) is 12.4. The minimum Gasteiger partial charge on any atom is -0.313 e. The lowest BCUT2D eigenvalue weighted by Crippen LogP contribution is -2.21. The monoisotopic (exact) mass is 335 g/mol. The maximum Gasteiger partial charge on any atom is 0.137 e. The zero-order valence-corrected chi connectivity index (χ0v) is 13.6. The number of halogens is 2. The summed E-state index contributed by atoms with van der Waals surface area (Å²) in [6.07, 6.45) is 0.834. The second kappa shape index (κ2) is 6.51. The van der Waals surface area contributed by atoms with Crippen molar-refractivity contribution in [3.8, 4) is 0 Å². The van der Waals surface area contributed by atoms with Crippen molar-refractivity contribution in [1.29, 1.82) is 0 Å². The summed E-state index contributed by atoms with van der Waals surface area (Å²) in [6, 6.07) is 11.8. The van der Waals surface area contributed by atoms with E-state index in [9.17, 15) is 4.39 Å².